The van der Waals surface area contributed by atoms with Gasteiger partial charge in [-0.15, -0.1) is 36.2 Å². The van der Waals surface area contributed by atoms with E-state index in [4.69, 9.17) is 10.7 Å². The average Bonchev–Trinajstić information content (AvgIpc) is 3.06. The van der Waals surface area contributed by atoms with Crippen LogP contribution in [0.15, 0.2) is 23.6 Å². The van der Waals surface area contributed by atoms with Crippen molar-refractivity contribution in [1.82, 2.24) is 9.88 Å². The molecule has 3 rings (SSSR count). The third kappa shape index (κ3) is 4.87. The Kier molecular flexibility index (Phi) is 8.19. The highest BCUT2D eigenvalue weighted by Crippen LogP contribution is 2.30. The zero-order valence-electron chi connectivity index (χ0n) is 14.5. The van der Waals surface area contributed by atoms with Crippen molar-refractivity contribution in [2.45, 2.75) is 39.0 Å². The van der Waals surface area contributed by atoms with Gasteiger partial charge in [-0.05, 0) is 43.9 Å². The van der Waals surface area contributed by atoms with E-state index < -0.39 is 0 Å². The second-order valence-corrected chi connectivity index (χ2v) is 7.08. The standard InChI is InChI=1S/C18H23N3OS.2ClH/c1-3-15-11-23-17(20-15)13-5-4-8-21(10-13)18(22)16-9-14(19)7-6-12(16)2;;/h6-7,9,11,13H,3-5,8,10,19H2,1-2H3;2*1H. The summed E-state index contributed by atoms with van der Waals surface area (Å²) in [6.45, 7) is 5.65. The van der Waals surface area contributed by atoms with Crippen LogP contribution in [0.2, 0.25) is 0 Å². The summed E-state index contributed by atoms with van der Waals surface area (Å²) >= 11 is 1.73. The van der Waals surface area contributed by atoms with E-state index in [1.54, 1.807) is 17.4 Å². The number of thiazole rings is 1. The van der Waals surface area contributed by atoms with Crippen molar-refractivity contribution in [3.63, 3.8) is 0 Å². The number of hydrogen-bond donors (Lipinski definition) is 1. The molecule has 0 saturated carbocycles. The second kappa shape index (κ2) is 9.41. The van der Waals surface area contributed by atoms with Gasteiger partial charge in [0.25, 0.3) is 5.91 Å². The number of benzene rings is 1. The van der Waals surface area contributed by atoms with Crippen LogP contribution in [0.25, 0.3) is 0 Å². The monoisotopic (exact) mass is 401 g/mol. The lowest BCUT2D eigenvalue weighted by Crippen LogP contribution is -2.39. The molecule has 2 heterocycles. The normalized spacial score (nSPS) is 16.7. The highest BCUT2D eigenvalue weighted by molar-refractivity contribution is 7.09. The number of carbonyl (C=O) groups is 1. The summed E-state index contributed by atoms with van der Waals surface area (Å²) in [5.74, 6) is 0.450. The van der Waals surface area contributed by atoms with E-state index in [-0.39, 0.29) is 30.7 Å². The van der Waals surface area contributed by atoms with Crippen LogP contribution in [0, 0.1) is 6.92 Å². The SMILES string of the molecule is CCc1csc(C2CCCN(C(=O)c3cc(N)ccc3C)C2)n1.Cl.Cl. The van der Waals surface area contributed by atoms with Crippen molar-refractivity contribution in [3.05, 3.63) is 45.4 Å². The minimum atomic E-state index is 0. The van der Waals surface area contributed by atoms with Gasteiger partial charge in [0, 0.05) is 35.6 Å². The molecule has 1 unspecified atom stereocenters. The summed E-state index contributed by atoms with van der Waals surface area (Å²) < 4.78 is 0. The number of piperidine rings is 1. The van der Waals surface area contributed by atoms with Gasteiger partial charge in [-0.1, -0.05) is 13.0 Å². The van der Waals surface area contributed by atoms with Crippen molar-refractivity contribution < 1.29 is 4.79 Å². The highest BCUT2D eigenvalue weighted by Gasteiger charge is 2.27. The summed E-state index contributed by atoms with van der Waals surface area (Å²) in [6.07, 6.45) is 3.10. The second-order valence-electron chi connectivity index (χ2n) is 6.20. The topological polar surface area (TPSA) is 59.2 Å². The van der Waals surface area contributed by atoms with Crippen LogP contribution in [-0.4, -0.2) is 28.9 Å². The fourth-order valence-electron chi connectivity index (χ4n) is 3.08. The van der Waals surface area contributed by atoms with E-state index in [0.717, 1.165) is 49.2 Å². The Hall–Kier alpha value is -1.30. The van der Waals surface area contributed by atoms with E-state index in [2.05, 4.69) is 12.3 Å². The molecule has 7 heteroatoms. The molecule has 1 aromatic heterocycles. The Bertz CT molecular complexity index is 720. The van der Waals surface area contributed by atoms with Gasteiger partial charge in [-0.25, -0.2) is 4.98 Å². The molecule has 0 spiro atoms. The summed E-state index contributed by atoms with van der Waals surface area (Å²) in [7, 11) is 0. The number of likely N-dealkylation sites (tertiary alicyclic amines) is 1. The first-order chi connectivity index (χ1) is 11.1. The minimum absolute atomic E-state index is 0. The van der Waals surface area contributed by atoms with Gasteiger partial charge in [-0.2, -0.15) is 0 Å². The molecule has 1 aliphatic rings. The average molecular weight is 402 g/mol. The van der Waals surface area contributed by atoms with Crippen LogP contribution in [-0.2, 0) is 6.42 Å². The van der Waals surface area contributed by atoms with Crippen LogP contribution in [0.4, 0.5) is 5.69 Å². The third-order valence-corrected chi connectivity index (χ3v) is 5.54. The largest absolute Gasteiger partial charge is 0.399 e. The van der Waals surface area contributed by atoms with Crippen LogP contribution in [0.3, 0.4) is 0 Å². The molecule has 1 saturated heterocycles. The van der Waals surface area contributed by atoms with E-state index in [0.29, 0.717) is 11.6 Å². The smallest absolute Gasteiger partial charge is 0.254 e. The first kappa shape index (κ1) is 21.7. The predicted molar refractivity (Wildman–Crippen MR) is 109 cm³/mol. The molecule has 1 fully saturated rings. The number of aromatic nitrogens is 1. The van der Waals surface area contributed by atoms with Gasteiger partial charge in [0.05, 0.1) is 10.7 Å². The van der Waals surface area contributed by atoms with E-state index >= 15 is 0 Å². The maximum Gasteiger partial charge on any atom is 0.254 e. The van der Waals surface area contributed by atoms with Crippen molar-refractivity contribution >= 4 is 47.7 Å². The Morgan fingerprint density at radius 1 is 1.40 bits per heavy atom. The molecule has 0 radical (unpaired) electrons. The number of anilines is 1. The Morgan fingerprint density at radius 3 is 2.84 bits per heavy atom. The van der Waals surface area contributed by atoms with E-state index in [1.807, 2.05) is 24.0 Å². The molecule has 2 N–H and O–H groups in total. The molecule has 0 bridgehead atoms. The van der Waals surface area contributed by atoms with Crippen molar-refractivity contribution in [2.75, 3.05) is 18.8 Å². The molecule has 0 aliphatic carbocycles. The van der Waals surface area contributed by atoms with E-state index in [9.17, 15) is 4.79 Å². The Morgan fingerprint density at radius 2 is 2.16 bits per heavy atom. The Labute approximate surface area is 165 Å². The molecular formula is C18H25Cl2N3OS. The molecule has 4 nitrogen and oxygen atoms in total. The van der Waals surface area contributed by atoms with Crippen LogP contribution in [0.5, 0.6) is 0 Å². The molecular weight excluding hydrogens is 377 g/mol. The lowest BCUT2D eigenvalue weighted by Gasteiger charge is -2.32. The number of rotatable bonds is 3. The van der Waals surface area contributed by atoms with E-state index in [1.165, 1.54) is 5.01 Å². The fourth-order valence-corrected chi connectivity index (χ4v) is 4.11. The fraction of sp³-hybridized carbons (Fsp3) is 0.444. The molecule has 2 aromatic rings. The molecule has 1 aliphatic heterocycles. The van der Waals surface area contributed by atoms with Crippen LogP contribution in [0.1, 0.15) is 52.3 Å². The lowest BCUT2D eigenvalue weighted by atomic mass is 9.97. The summed E-state index contributed by atoms with van der Waals surface area (Å²) in [5.41, 5.74) is 9.35. The van der Waals surface area contributed by atoms with Gasteiger partial charge in [-0.3, -0.25) is 4.79 Å². The number of carbonyl (C=O) groups excluding carboxylic acids is 1. The van der Waals surface area contributed by atoms with Crippen LogP contribution < -0.4 is 5.73 Å². The quantitative estimate of drug-likeness (QED) is 0.772. The zero-order valence-corrected chi connectivity index (χ0v) is 17.0. The number of aryl methyl sites for hydroxylation is 2. The minimum Gasteiger partial charge on any atom is -0.399 e. The molecule has 1 amide bonds. The van der Waals surface area contributed by atoms with Crippen molar-refractivity contribution in [1.29, 1.82) is 0 Å². The summed E-state index contributed by atoms with van der Waals surface area (Å²) in [5, 5.41) is 3.31. The van der Waals surface area contributed by atoms with Gasteiger partial charge >= 0.3 is 0 Å². The molecule has 1 aromatic carbocycles. The van der Waals surface area contributed by atoms with Crippen molar-refractivity contribution in [3.8, 4) is 0 Å². The van der Waals surface area contributed by atoms with Gasteiger partial charge < -0.3 is 10.6 Å². The lowest BCUT2D eigenvalue weighted by molar-refractivity contribution is 0.0706. The molecule has 25 heavy (non-hydrogen) atoms. The number of halogens is 2. The van der Waals surface area contributed by atoms with Crippen LogP contribution >= 0.6 is 36.2 Å². The third-order valence-electron chi connectivity index (χ3n) is 4.48. The molecule has 1 atom stereocenters. The maximum absolute atomic E-state index is 12.9. The number of nitrogen functional groups attached to an aromatic ring is 1. The first-order valence-electron chi connectivity index (χ1n) is 8.18. The zero-order chi connectivity index (χ0) is 16.4. The number of hydrogen-bond acceptors (Lipinski definition) is 4. The number of nitrogens with two attached hydrogens (primary N) is 1. The number of nitrogens with zero attached hydrogens (tertiary/aromatic N) is 2. The number of amides is 1. The van der Waals surface area contributed by atoms with Gasteiger partial charge in [0.2, 0.25) is 0 Å². The maximum atomic E-state index is 12.9. The molecule has 138 valence electrons. The first-order valence-corrected chi connectivity index (χ1v) is 9.06. The summed E-state index contributed by atoms with van der Waals surface area (Å²) in [4.78, 5) is 19.5. The highest BCUT2D eigenvalue weighted by atomic mass is 35.5. The van der Waals surface area contributed by atoms with Gasteiger partial charge in [0.15, 0.2) is 0 Å². The van der Waals surface area contributed by atoms with Crippen molar-refractivity contribution in [2.24, 2.45) is 0 Å². The predicted octanol–water partition coefficient (Wildman–Crippen LogP) is 4.46. The Balaban J connectivity index is 0.00000156. The van der Waals surface area contributed by atoms with Gasteiger partial charge in [0.1, 0.15) is 0 Å². The summed E-state index contributed by atoms with van der Waals surface area (Å²) in [6, 6.07) is 5.55.